The van der Waals surface area contributed by atoms with E-state index in [4.69, 9.17) is 9.15 Å². The molecule has 0 saturated heterocycles. The standard InChI is InChI=1S/C15H18O3/c1-11(16)9-13-7-8-15(18-13)14-6-4-3-5-12(14)10-17-2/h3-8,11,16H,9-10H2,1-2H3. The van der Waals surface area contributed by atoms with Crippen molar-refractivity contribution in [2.75, 3.05) is 7.11 Å². The highest BCUT2D eigenvalue weighted by Crippen LogP contribution is 2.26. The zero-order chi connectivity index (χ0) is 13.0. The van der Waals surface area contributed by atoms with Gasteiger partial charge in [-0.2, -0.15) is 0 Å². The van der Waals surface area contributed by atoms with E-state index in [0.717, 1.165) is 22.6 Å². The van der Waals surface area contributed by atoms with Crippen LogP contribution in [0.1, 0.15) is 18.2 Å². The van der Waals surface area contributed by atoms with Crippen molar-refractivity contribution in [1.29, 1.82) is 0 Å². The van der Waals surface area contributed by atoms with Gasteiger partial charge in [-0.05, 0) is 24.6 Å². The van der Waals surface area contributed by atoms with Crippen molar-refractivity contribution in [2.24, 2.45) is 0 Å². The van der Waals surface area contributed by atoms with Gasteiger partial charge in [0.05, 0.1) is 12.7 Å². The molecule has 3 nitrogen and oxygen atoms in total. The number of ether oxygens (including phenoxy) is 1. The first kappa shape index (κ1) is 12.9. The highest BCUT2D eigenvalue weighted by atomic mass is 16.5. The van der Waals surface area contributed by atoms with E-state index in [9.17, 15) is 5.11 Å². The van der Waals surface area contributed by atoms with Gasteiger partial charge >= 0.3 is 0 Å². The maximum atomic E-state index is 9.34. The van der Waals surface area contributed by atoms with Crippen LogP contribution in [-0.4, -0.2) is 18.3 Å². The Kier molecular flexibility index (Phi) is 4.18. The fourth-order valence-corrected chi connectivity index (χ4v) is 1.97. The summed E-state index contributed by atoms with van der Waals surface area (Å²) in [6, 6.07) is 11.8. The molecule has 2 aromatic rings. The molecule has 0 bridgehead atoms. The van der Waals surface area contributed by atoms with E-state index in [1.54, 1.807) is 14.0 Å². The summed E-state index contributed by atoms with van der Waals surface area (Å²) < 4.78 is 10.9. The first-order chi connectivity index (χ1) is 8.70. The second-order valence-corrected chi connectivity index (χ2v) is 4.41. The minimum Gasteiger partial charge on any atom is -0.461 e. The lowest BCUT2D eigenvalue weighted by Gasteiger charge is -2.06. The van der Waals surface area contributed by atoms with Gasteiger partial charge < -0.3 is 14.3 Å². The Balaban J connectivity index is 2.28. The zero-order valence-corrected chi connectivity index (χ0v) is 10.7. The second-order valence-electron chi connectivity index (χ2n) is 4.41. The normalized spacial score (nSPS) is 12.6. The first-order valence-electron chi connectivity index (χ1n) is 6.04. The number of rotatable bonds is 5. The van der Waals surface area contributed by atoms with E-state index in [2.05, 4.69) is 0 Å². The molecule has 18 heavy (non-hydrogen) atoms. The summed E-state index contributed by atoms with van der Waals surface area (Å²) in [6.45, 7) is 2.31. The number of hydrogen-bond donors (Lipinski definition) is 1. The van der Waals surface area contributed by atoms with E-state index >= 15 is 0 Å². The summed E-state index contributed by atoms with van der Waals surface area (Å²) in [5.74, 6) is 1.62. The number of benzene rings is 1. The smallest absolute Gasteiger partial charge is 0.134 e. The lowest BCUT2D eigenvalue weighted by Crippen LogP contribution is -2.02. The van der Waals surface area contributed by atoms with Crippen molar-refractivity contribution in [1.82, 2.24) is 0 Å². The molecule has 0 amide bonds. The Morgan fingerprint density at radius 3 is 2.72 bits per heavy atom. The fraction of sp³-hybridized carbons (Fsp3) is 0.333. The van der Waals surface area contributed by atoms with E-state index in [0.29, 0.717) is 13.0 Å². The number of aliphatic hydroxyl groups is 1. The average Bonchev–Trinajstić information content (AvgIpc) is 2.77. The van der Waals surface area contributed by atoms with Crippen LogP contribution in [-0.2, 0) is 17.8 Å². The second kappa shape index (κ2) is 5.85. The SMILES string of the molecule is COCc1ccccc1-c1ccc(CC(C)O)o1. The number of hydrogen-bond acceptors (Lipinski definition) is 3. The zero-order valence-electron chi connectivity index (χ0n) is 10.7. The Bertz CT molecular complexity index is 500. The largest absolute Gasteiger partial charge is 0.461 e. The highest BCUT2D eigenvalue weighted by molar-refractivity contribution is 5.62. The summed E-state index contributed by atoms with van der Waals surface area (Å²) >= 11 is 0. The summed E-state index contributed by atoms with van der Waals surface area (Å²) in [7, 11) is 1.68. The van der Waals surface area contributed by atoms with Crippen molar-refractivity contribution in [3.05, 3.63) is 47.7 Å². The first-order valence-corrected chi connectivity index (χ1v) is 6.04. The molecule has 0 spiro atoms. The quantitative estimate of drug-likeness (QED) is 0.881. The molecule has 2 rings (SSSR count). The molecule has 3 heteroatoms. The molecule has 0 radical (unpaired) electrons. The molecule has 0 saturated carbocycles. The molecule has 1 aromatic carbocycles. The van der Waals surface area contributed by atoms with E-state index in [-0.39, 0.29) is 0 Å². The van der Waals surface area contributed by atoms with Crippen molar-refractivity contribution in [3.63, 3.8) is 0 Å². The monoisotopic (exact) mass is 246 g/mol. The Hall–Kier alpha value is -1.58. The molecule has 0 aliphatic carbocycles. The van der Waals surface area contributed by atoms with Crippen LogP contribution in [0.2, 0.25) is 0 Å². The van der Waals surface area contributed by atoms with Crippen molar-refractivity contribution in [3.8, 4) is 11.3 Å². The van der Waals surface area contributed by atoms with Crippen LogP contribution < -0.4 is 0 Å². The van der Waals surface area contributed by atoms with Gasteiger partial charge in [0.2, 0.25) is 0 Å². The number of methoxy groups -OCH3 is 1. The molecule has 1 atom stereocenters. The maximum Gasteiger partial charge on any atom is 0.134 e. The summed E-state index contributed by atoms with van der Waals surface area (Å²) in [6.07, 6.45) is 0.144. The van der Waals surface area contributed by atoms with Gasteiger partial charge in [0.1, 0.15) is 11.5 Å². The average molecular weight is 246 g/mol. The lowest BCUT2D eigenvalue weighted by molar-refractivity contribution is 0.184. The predicted molar refractivity (Wildman–Crippen MR) is 70.2 cm³/mol. The topological polar surface area (TPSA) is 42.6 Å². The molecule has 96 valence electrons. The van der Waals surface area contributed by atoms with Crippen LogP contribution in [0.5, 0.6) is 0 Å². The third-order valence-corrected chi connectivity index (χ3v) is 2.74. The van der Waals surface area contributed by atoms with Gasteiger partial charge in [-0.1, -0.05) is 24.3 Å². The van der Waals surface area contributed by atoms with Gasteiger partial charge in [0.15, 0.2) is 0 Å². The maximum absolute atomic E-state index is 9.34. The molecule has 1 heterocycles. The molecule has 0 fully saturated rings. The number of furan rings is 1. The van der Waals surface area contributed by atoms with E-state index < -0.39 is 6.10 Å². The Morgan fingerprint density at radius 2 is 2.00 bits per heavy atom. The Morgan fingerprint density at radius 1 is 1.22 bits per heavy atom. The molecule has 1 unspecified atom stereocenters. The number of aliphatic hydroxyl groups excluding tert-OH is 1. The molecule has 0 aliphatic rings. The van der Waals surface area contributed by atoms with E-state index in [1.807, 2.05) is 36.4 Å². The van der Waals surface area contributed by atoms with Crippen LogP contribution in [0.4, 0.5) is 0 Å². The molecular weight excluding hydrogens is 228 g/mol. The van der Waals surface area contributed by atoms with Gasteiger partial charge in [-0.3, -0.25) is 0 Å². The van der Waals surface area contributed by atoms with Crippen LogP contribution in [0.3, 0.4) is 0 Å². The minimum absolute atomic E-state index is 0.391. The highest BCUT2D eigenvalue weighted by Gasteiger charge is 2.10. The van der Waals surface area contributed by atoms with Crippen LogP contribution >= 0.6 is 0 Å². The van der Waals surface area contributed by atoms with Gasteiger partial charge in [0.25, 0.3) is 0 Å². The van der Waals surface area contributed by atoms with Gasteiger partial charge in [0, 0.05) is 19.1 Å². The van der Waals surface area contributed by atoms with Gasteiger partial charge in [-0.25, -0.2) is 0 Å². The molecule has 0 aliphatic heterocycles. The van der Waals surface area contributed by atoms with Crippen molar-refractivity contribution in [2.45, 2.75) is 26.1 Å². The fourth-order valence-electron chi connectivity index (χ4n) is 1.97. The third kappa shape index (κ3) is 3.00. The van der Waals surface area contributed by atoms with Gasteiger partial charge in [-0.15, -0.1) is 0 Å². The summed E-state index contributed by atoms with van der Waals surface area (Å²) in [5, 5.41) is 9.34. The van der Waals surface area contributed by atoms with Crippen LogP contribution in [0.15, 0.2) is 40.8 Å². The summed E-state index contributed by atoms with van der Waals surface area (Å²) in [4.78, 5) is 0. The van der Waals surface area contributed by atoms with Crippen LogP contribution in [0.25, 0.3) is 11.3 Å². The minimum atomic E-state index is -0.391. The molecular formula is C15H18O3. The lowest BCUT2D eigenvalue weighted by atomic mass is 10.1. The molecule has 1 aromatic heterocycles. The van der Waals surface area contributed by atoms with E-state index in [1.165, 1.54) is 0 Å². The van der Waals surface area contributed by atoms with Crippen LogP contribution in [0, 0.1) is 0 Å². The third-order valence-electron chi connectivity index (χ3n) is 2.74. The van der Waals surface area contributed by atoms with Crippen molar-refractivity contribution >= 4 is 0 Å². The molecule has 1 N–H and O–H groups in total. The summed E-state index contributed by atoms with van der Waals surface area (Å²) in [5.41, 5.74) is 2.13. The van der Waals surface area contributed by atoms with Crippen molar-refractivity contribution < 1.29 is 14.3 Å². The Labute approximate surface area is 107 Å². The predicted octanol–water partition coefficient (Wildman–Crippen LogP) is 3.02.